The zero-order valence-corrected chi connectivity index (χ0v) is 16.0. The number of benzene rings is 3. The summed E-state index contributed by atoms with van der Waals surface area (Å²) < 4.78 is 6.00. The molecule has 3 heteroatoms. The van der Waals surface area contributed by atoms with Crippen molar-refractivity contribution in [1.82, 2.24) is 0 Å². The van der Waals surface area contributed by atoms with Gasteiger partial charge in [0.05, 0.1) is 5.69 Å². The topological polar surface area (TPSA) is 21.6 Å². The number of nitrogens with zero attached hydrogens (tertiary/aromatic N) is 1. The van der Waals surface area contributed by atoms with Gasteiger partial charge in [0, 0.05) is 11.0 Å². The fourth-order valence-electron chi connectivity index (χ4n) is 2.73. The average Bonchev–Trinajstić information content (AvgIpc) is 3.28. The molecule has 4 aromatic rings. The van der Waals surface area contributed by atoms with Crippen molar-refractivity contribution >= 4 is 29.0 Å². The summed E-state index contributed by atoms with van der Waals surface area (Å²) in [6.07, 6.45) is 3.93. The minimum absolute atomic E-state index is 0.548. The largest absolute Gasteiger partial charge is 0.439 e. The molecule has 0 fully saturated rings. The molecule has 0 aliphatic rings. The van der Waals surface area contributed by atoms with E-state index in [0.717, 1.165) is 16.3 Å². The molecule has 28 heavy (non-hydrogen) atoms. The molecule has 0 aliphatic carbocycles. The SMILES string of the molecule is C(=Cc1cccs1)C(=Nc1ccc(-c2ccccc2)cc1)Oc1ccccc1. The molecule has 1 aromatic heterocycles. The number of thiophene rings is 1. The smallest absolute Gasteiger partial charge is 0.219 e. The molecule has 0 unspecified atom stereocenters. The van der Waals surface area contributed by atoms with Crippen LogP contribution in [0.2, 0.25) is 0 Å². The van der Waals surface area contributed by atoms with E-state index in [1.54, 1.807) is 11.3 Å². The molecule has 136 valence electrons. The molecular formula is C25H19NOS. The Morgan fingerprint density at radius 1 is 0.714 bits per heavy atom. The third-order valence-electron chi connectivity index (χ3n) is 4.11. The number of hydrogen-bond donors (Lipinski definition) is 0. The van der Waals surface area contributed by atoms with Crippen LogP contribution >= 0.6 is 11.3 Å². The van der Waals surface area contributed by atoms with Crippen molar-refractivity contribution in [3.63, 3.8) is 0 Å². The van der Waals surface area contributed by atoms with Crippen LogP contribution < -0.4 is 4.74 Å². The predicted octanol–water partition coefficient (Wildman–Crippen LogP) is 7.24. The summed E-state index contributed by atoms with van der Waals surface area (Å²) in [6, 6.07) is 32.3. The first-order valence-electron chi connectivity index (χ1n) is 9.05. The van der Waals surface area contributed by atoms with E-state index in [-0.39, 0.29) is 0 Å². The zero-order chi connectivity index (χ0) is 19.0. The van der Waals surface area contributed by atoms with Crippen molar-refractivity contribution in [1.29, 1.82) is 0 Å². The molecule has 2 nitrogen and oxygen atoms in total. The molecule has 0 aliphatic heterocycles. The summed E-state index contributed by atoms with van der Waals surface area (Å²) in [5.41, 5.74) is 3.21. The molecule has 3 aromatic carbocycles. The van der Waals surface area contributed by atoms with Gasteiger partial charge in [0.15, 0.2) is 0 Å². The van der Waals surface area contributed by atoms with Gasteiger partial charge in [-0.25, -0.2) is 4.99 Å². The van der Waals surface area contributed by atoms with Gasteiger partial charge in [-0.15, -0.1) is 11.3 Å². The molecule has 0 atom stereocenters. The molecule has 0 saturated carbocycles. The van der Waals surface area contributed by atoms with Crippen LogP contribution in [-0.4, -0.2) is 5.90 Å². The Morgan fingerprint density at radius 3 is 2.07 bits per heavy atom. The highest BCUT2D eigenvalue weighted by Crippen LogP contribution is 2.23. The maximum Gasteiger partial charge on any atom is 0.219 e. The summed E-state index contributed by atoms with van der Waals surface area (Å²) in [4.78, 5) is 5.86. The second-order valence-electron chi connectivity index (χ2n) is 6.13. The highest BCUT2D eigenvalue weighted by atomic mass is 32.1. The summed E-state index contributed by atoms with van der Waals surface area (Å²) in [6.45, 7) is 0. The molecule has 0 bridgehead atoms. The molecular weight excluding hydrogens is 362 g/mol. The molecule has 0 radical (unpaired) electrons. The lowest BCUT2D eigenvalue weighted by Crippen LogP contribution is -2.04. The summed E-state index contributed by atoms with van der Waals surface area (Å²) in [5, 5.41) is 2.05. The minimum Gasteiger partial charge on any atom is -0.439 e. The Labute approximate surface area is 169 Å². The number of aliphatic imine (C=N–C) groups is 1. The van der Waals surface area contributed by atoms with E-state index in [4.69, 9.17) is 9.73 Å². The van der Waals surface area contributed by atoms with Gasteiger partial charge in [-0.1, -0.05) is 66.7 Å². The monoisotopic (exact) mass is 381 g/mol. The Bertz CT molecular complexity index is 1050. The van der Waals surface area contributed by atoms with E-state index in [0.29, 0.717) is 5.90 Å². The minimum atomic E-state index is 0.548. The van der Waals surface area contributed by atoms with E-state index in [2.05, 4.69) is 35.7 Å². The van der Waals surface area contributed by atoms with Crippen molar-refractivity contribution < 1.29 is 4.74 Å². The summed E-state index contributed by atoms with van der Waals surface area (Å²) >= 11 is 1.68. The summed E-state index contributed by atoms with van der Waals surface area (Å²) in [5.74, 6) is 1.31. The van der Waals surface area contributed by atoms with Gasteiger partial charge >= 0.3 is 0 Å². The molecule has 1 heterocycles. The second-order valence-corrected chi connectivity index (χ2v) is 7.11. The second kappa shape index (κ2) is 8.98. The van der Waals surface area contributed by atoms with Crippen LogP contribution in [-0.2, 0) is 0 Å². The van der Waals surface area contributed by atoms with Crippen molar-refractivity contribution in [2.45, 2.75) is 0 Å². The van der Waals surface area contributed by atoms with Crippen LogP contribution in [0, 0.1) is 0 Å². The van der Waals surface area contributed by atoms with Gasteiger partial charge in [-0.3, -0.25) is 0 Å². The van der Waals surface area contributed by atoms with E-state index < -0.39 is 0 Å². The van der Waals surface area contributed by atoms with Crippen molar-refractivity contribution in [2.24, 2.45) is 4.99 Å². The lowest BCUT2D eigenvalue weighted by atomic mass is 10.1. The predicted molar refractivity (Wildman–Crippen MR) is 119 cm³/mol. The fraction of sp³-hybridized carbons (Fsp3) is 0. The highest BCUT2D eigenvalue weighted by Gasteiger charge is 2.02. The van der Waals surface area contributed by atoms with E-state index in [9.17, 15) is 0 Å². The zero-order valence-electron chi connectivity index (χ0n) is 15.2. The Kier molecular flexibility index (Phi) is 5.76. The third-order valence-corrected chi connectivity index (χ3v) is 4.95. The van der Waals surface area contributed by atoms with Gasteiger partial charge in [0.2, 0.25) is 5.90 Å². The first-order valence-corrected chi connectivity index (χ1v) is 9.93. The highest BCUT2D eigenvalue weighted by molar-refractivity contribution is 7.10. The van der Waals surface area contributed by atoms with Crippen LogP contribution in [0.25, 0.3) is 17.2 Å². The van der Waals surface area contributed by atoms with E-state index >= 15 is 0 Å². The van der Waals surface area contributed by atoms with E-state index in [1.165, 1.54) is 11.1 Å². The van der Waals surface area contributed by atoms with E-state index in [1.807, 2.05) is 78.9 Å². The standard InChI is InChI=1S/C25H19NOS/c1-3-8-20(9-4-1)21-13-15-22(16-14-21)26-25(18-17-24-12-7-19-28-24)27-23-10-5-2-6-11-23/h1-19H. The average molecular weight is 382 g/mol. The number of hydrogen-bond acceptors (Lipinski definition) is 3. The molecule has 0 N–H and O–H groups in total. The lowest BCUT2D eigenvalue weighted by Gasteiger charge is -2.06. The Hall–Kier alpha value is -3.43. The van der Waals surface area contributed by atoms with Crippen LogP contribution in [0.15, 0.2) is 114 Å². The maximum absolute atomic E-state index is 6.00. The van der Waals surface area contributed by atoms with Crippen LogP contribution in [0.5, 0.6) is 5.75 Å². The van der Waals surface area contributed by atoms with Gasteiger partial charge in [0.25, 0.3) is 0 Å². The lowest BCUT2D eigenvalue weighted by molar-refractivity contribution is 0.556. The maximum atomic E-state index is 6.00. The van der Waals surface area contributed by atoms with Crippen molar-refractivity contribution in [3.05, 3.63) is 113 Å². The number of para-hydroxylation sites is 1. The van der Waals surface area contributed by atoms with Gasteiger partial charge < -0.3 is 4.74 Å². The van der Waals surface area contributed by atoms with Gasteiger partial charge in [-0.05, 0) is 52.9 Å². The number of ether oxygens (including phenoxy) is 1. The molecule has 0 spiro atoms. The van der Waals surface area contributed by atoms with Gasteiger partial charge in [-0.2, -0.15) is 0 Å². The third kappa shape index (κ3) is 4.84. The van der Waals surface area contributed by atoms with Crippen LogP contribution in [0.3, 0.4) is 0 Å². The van der Waals surface area contributed by atoms with Gasteiger partial charge in [0.1, 0.15) is 5.75 Å². The van der Waals surface area contributed by atoms with Crippen LogP contribution in [0.4, 0.5) is 5.69 Å². The molecule has 4 rings (SSSR count). The molecule has 0 amide bonds. The Morgan fingerprint density at radius 2 is 1.39 bits per heavy atom. The van der Waals surface area contributed by atoms with Crippen molar-refractivity contribution in [3.8, 4) is 16.9 Å². The quantitative estimate of drug-likeness (QED) is 0.264. The van der Waals surface area contributed by atoms with Crippen LogP contribution in [0.1, 0.15) is 4.88 Å². The molecule has 0 saturated heterocycles. The fourth-order valence-corrected chi connectivity index (χ4v) is 3.35. The van der Waals surface area contributed by atoms with Crippen molar-refractivity contribution in [2.75, 3.05) is 0 Å². The normalized spacial score (nSPS) is 11.6. The Balaban J connectivity index is 1.60. The first kappa shape index (κ1) is 18.0. The first-order chi connectivity index (χ1) is 13.9. The number of rotatable bonds is 5. The summed E-state index contributed by atoms with van der Waals surface area (Å²) in [7, 11) is 0.